The fourth-order valence-electron chi connectivity index (χ4n) is 3.14. The predicted molar refractivity (Wildman–Crippen MR) is 118 cm³/mol. The van der Waals surface area contributed by atoms with Gasteiger partial charge in [0.1, 0.15) is 5.69 Å². The summed E-state index contributed by atoms with van der Waals surface area (Å²) in [6.07, 6.45) is 6.25. The summed E-state index contributed by atoms with van der Waals surface area (Å²) in [5.41, 5.74) is -0.973. The van der Waals surface area contributed by atoms with Crippen molar-refractivity contribution in [2.24, 2.45) is 0 Å². The Balaban J connectivity index is 2.10. The molecule has 0 fully saturated rings. The lowest BCUT2D eigenvalue weighted by Crippen LogP contribution is -2.43. The Morgan fingerprint density at radius 3 is 2.31 bits per heavy atom. The fourth-order valence-corrected chi connectivity index (χ4v) is 3.14. The van der Waals surface area contributed by atoms with Crippen LogP contribution in [0.15, 0.2) is 52.3 Å². The van der Waals surface area contributed by atoms with E-state index in [0.717, 1.165) is 14.8 Å². The number of nitrogens with zero attached hydrogens (tertiary/aromatic N) is 5. The molecule has 0 saturated heterocycles. The molecular formula is C21H23N5O6. The van der Waals surface area contributed by atoms with Crippen LogP contribution >= 0.6 is 0 Å². The van der Waals surface area contributed by atoms with Gasteiger partial charge in [-0.1, -0.05) is 18.2 Å². The number of rotatable bonds is 10. The van der Waals surface area contributed by atoms with E-state index in [1.807, 2.05) is 30.3 Å². The number of ether oxygens (including phenoxy) is 2. The number of hydrogen-bond acceptors (Lipinski definition) is 7. The van der Waals surface area contributed by atoms with Gasteiger partial charge in [-0.15, -0.1) is 0 Å². The first-order valence-electron chi connectivity index (χ1n) is 9.76. The van der Waals surface area contributed by atoms with Crippen LogP contribution in [0, 0.1) is 10.1 Å². The van der Waals surface area contributed by atoms with Gasteiger partial charge in [0.25, 0.3) is 0 Å². The Kier molecular flexibility index (Phi) is 7.47. The van der Waals surface area contributed by atoms with Crippen molar-refractivity contribution in [1.82, 2.24) is 18.9 Å². The maximum Gasteiger partial charge on any atom is 0.357 e. The lowest BCUT2D eigenvalue weighted by molar-refractivity contribution is -0.387. The van der Waals surface area contributed by atoms with Gasteiger partial charge in [-0.3, -0.25) is 24.0 Å². The average molecular weight is 441 g/mol. The summed E-state index contributed by atoms with van der Waals surface area (Å²) >= 11 is 0. The van der Waals surface area contributed by atoms with Gasteiger partial charge in [0.05, 0.1) is 43.1 Å². The Hall–Kier alpha value is -3.83. The van der Waals surface area contributed by atoms with E-state index in [0.29, 0.717) is 5.56 Å². The topological polar surface area (TPSA) is 123 Å². The molecule has 11 heteroatoms. The molecule has 1 aromatic carbocycles. The summed E-state index contributed by atoms with van der Waals surface area (Å²) in [4.78, 5) is 36.7. The maximum absolute atomic E-state index is 12.9. The molecule has 0 saturated carbocycles. The zero-order valence-electron chi connectivity index (χ0n) is 17.7. The summed E-state index contributed by atoms with van der Waals surface area (Å²) in [5.74, 6) is 0. The van der Waals surface area contributed by atoms with Gasteiger partial charge in [-0.05, 0) is 24.3 Å². The first-order valence-corrected chi connectivity index (χ1v) is 9.76. The maximum atomic E-state index is 12.9. The number of benzene rings is 1. The minimum atomic E-state index is -0.981. The van der Waals surface area contributed by atoms with Crippen LogP contribution in [-0.2, 0) is 22.6 Å². The highest BCUT2D eigenvalue weighted by Gasteiger charge is 2.26. The monoisotopic (exact) mass is 441 g/mol. The van der Waals surface area contributed by atoms with E-state index in [9.17, 15) is 19.7 Å². The van der Waals surface area contributed by atoms with Crippen molar-refractivity contribution < 1.29 is 14.4 Å². The minimum Gasteiger partial charge on any atom is -0.383 e. The lowest BCUT2D eigenvalue weighted by atomic mass is 10.2. The molecule has 0 aliphatic heterocycles. The van der Waals surface area contributed by atoms with Crippen LogP contribution in [0.5, 0.6) is 0 Å². The molecule has 0 unspecified atom stereocenters. The van der Waals surface area contributed by atoms with Crippen LogP contribution in [0.3, 0.4) is 0 Å². The van der Waals surface area contributed by atoms with E-state index in [2.05, 4.69) is 5.10 Å². The zero-order valence-corrected chi connectivity index (χ0v) is 17.7. The summed E-state index contributed by atoms with van der Waals surface area (Å²) in [6.45, 7) is 0.124. The van der Waals surface area contributed by atoms with Crippen LogP contribution in [0.2, 0.25) is 0 Å². The van der Waals surface area contributed by atoms with E-state index >= 15 is 0 Å². The second kappa shape index (κ2) is 10.5. The summed E-state index contributed by atoms with van der Waals surface area (Å²) in [7, 11) is 2.86. The molecule has 0 aliphatic rings. The molecule has 0 spiro atoms. The Morgan fingerprint density at radius 2 is 1.69 bits per heavy atom. The second-order valence-electron chi connectivity index (χ2n) is 6.75. The Morgan fingerprint density at radius 1 is 1.03 bits per heavy atom. The van der Waals surface area contributed by atoms with E-state index in [-0.39, 0.29) is 32.0 Å². The van der Waals surface area contributed by atoms with Crippen molar-refractivity contribution in [3.63, 3.8) is 0 Å². The van der Waals surface area contributed by atoms with E-state index in [4.69, 9.17) is 9.47 Å². The van der Waals surface area contributed by atoms with Gasteiger partial charge in [0, 0.05) is 26.0 Å². The zero-order chi connectivity index (χ0) is 23.1. The third-order valence-electron chi connectivity index (χ3n) is 4.72. The molecular weight excluding hydrogens is 418 g/mol. The van der Waals surface area contributed by atoms with Gasteiger partial charge >= 0.3 is 16.9 Å². The van der Waals surface area contributed by atoms with Gasteiger partial charge < -0.3 is 9.47 Å². The third kappa shape index (κ3) is 4.90. The molecule has 32 heavy (non-hydrogen) atoms. The van der Waals surface area contributed by atoms with Gasteiger partial charge in [-0.2, -0.15) is 5.10 Å². The highest BCUT2D eigenvalue weighted by Crippen LogP contribution is 2.17. The van der Waals surface area contributed by atoms with Gasteiger partial charge in [0.15, 0.2) is 0 Å². The first kappa shape index (κ1) is 22.8. The molecule has 2 aromatic heterocycles. The van der Waals surface area contributed by atoms with Gasteiger partial charge in [-0.25, -0.2) is 9.48 Å². The van der Waals surface area contributed by atoms with E-state index < -0.39 is 21.9 Å². The van der Waals surface area contributed by atoms with Crippen LogP contribution in [0.25, 0.3) is 17.8 Å². The second-order valence-corrected chi connectivity index (χ2v) is 6.75. The summed E-state index contributed by atoms with van der Waals surface area (Å²) in [5, 5.41) is 16.0. The van der Waals surface area contributed by atoms with Crippen molar-refractivity contribution in [3.05, 3.63) is 84.9 Å². The highest BCUT2D eigenvalue weighted by molar-refractivity contribution is 5.71. The van der Waals surface area contributed by atoms with E-state index in [1.165, 1.54) is 20.3 Å². The summed E-state index contributed by atoms with van der Waals surface area (Å²) < 4.78 is 13.6. The van der Waals surface area contributed by atoms with Crippen molar-refractivity contribution >= 4 is 17.8 Å². The van der Waals surface area contributed by atoms with Crippen molar-refractivity contribution in [2.45, 2.75) is 13.1 Å². The van der Waals surface area contributed by atoms with Crippen LogP contribution in [-0.4, -0.2) is 51.3 Å². The number of nitro groups is 1. The summed E-state index contributed by atoms with van der Waals surface area (Å²) in [6, 6.07) is 9.41. The molecule has 168 valence electrons. The van der Waals surface area contributed by atoms with Gasteiger partial charge in [0.2, 0.25) is 0 Å². The molecule has 2 heterocycles. The molecule has 3 aromatic rings. The van der Waals surface area contributed by atoms with E-state index in [1.54, 1.807) is 23.2 Å². The normalized spacial score (nSPS) is 11.3. The SMILES string of the molecule is COCCn1c(/C=C/c2cnn(-c3ccccc3)c2)c([N+](=O)[O-])c(=O)n(CCOC)c1=O. The van der Waals surface area contributed by atoms with Crippen LogP contribution in [0.1, 0.15) is 11.3 Å². The first-order chi connectivity index (χ1) is 15.5. The van der Waals surface area contributed by atoms with Crippen molar-refractivity contribution in [2.75, 3.05) is 27.4 Å². The predicted octanol–water partition coefficient (Wildman–Crippen LogP) is 1.57. The number of hydrogen-bond donors (Lipinski definition) is 0. The quantitative estimate of drug-likeness (QED) is 0.345. The molecule has 0 atom stereocenters. The largest absolute Gasteiger partial charge is 0.383 e. The number of para-hydroxylation sites is 1. The molecule has 0 N–H and O–H groups in total. The molecule has 0 radical (unpaired) electrons. The number of aromatic nitrogens is 4. The number of methoxy groups -OCH3 is 2. The van der Waals surface area contributed by atoms with Crippen LogP contribution < -0.4 is 11.2 Å². The Labute approximate surface area is 182 Å². The third-order valence-corrected chi connectivity index (χ3v) is 4.72. The Bertz CT molecular complexity index is 1230. The molecule has 0 bridgehead atoms. The molecule has 11 nitrogen and oxygen atoms in total. The highest BCUT2D eigenvalue weighted by atomic mass is 16.6. The van der Waals surface area contributed by atoms with Crippen molar-refractivity contribution in [3.8, 4) is 5.69 Å². The minimum absolute atomic E-state index is 0.0341. The average Bonchev–Trinajstić information content (AvgIpc) is 3.26. The van der Waals surface area contributed by atoms with Crippen LogP contribution in [0.4, 0.5) is 5.69 Å². The molecule has 3 rings (SSSR count). The fraction of sp³-hybridized carbons (Fsp3) is 0.286. The molecule has 0 aliphatic carbocycles. The van der Waals surface area contributed by atoms with Crippen molar-refractivity contribution in [1.29, 1.82) is 0 Å². The lowest BCUT2D eigenvalue weighted by Gasteiger charge is -2.13. The molecule has 0 amide bonds. The smallest absolute Gasteiger partial charge is 0.357 e. The standard InChI is InChI=1S/C21H23N5O6/c1-31-12-10-23-18(19(26(29)30)20(27)24(21(23)28)11-13-32-2)9-8-16-14-22-25(15-16)17-6-4-3-5-7-17/h3-9,14-15H,10-13H2,1-2H3/b9-8+.